The number of hydrogen-bond acceptors (Lipinski definition) is 4. The van der Waals surface area contributed by atoms with Crippen molar-refractivity contribution < 1.29 is 8.42 Å². The van der Waals surface area contributed by atoms with Crippen LogP contribution in [0.4, 0.5) is 0 Å². The molecular formula is C9H14Br2N2O2S2. The molecule has 4 nitrogen and oxygen atoms in total. The fourth-order valence-electron chi connectivity index (χ4n) is 1.36. The molecule has 0 aliphatic carbocycles. The summed E-state index contributed by atoms with van der Waals surface area (Å²) in [4.78, 5) is 0.254. The van der Waals surface area contributed by atoms with Gasteiger partial charge in [-0.15, -0.1) is 11.3 Å². The van der Waals surface area contributed by atoms with Crippen molar-refractivity contribution >= 4 is 53.2 Å². The molecule has 0 fully saturated rings. The summed E-state index contributed by atoms with van der Waals surface area (Å²) in [5.74, 6) is 0. The van der Waals surface area contributed by atoms with E-state index < -0.39 is 10.0 Å². The minimum absolute atomic E-state index is 0.212. The Morgan fingerprint density at radius 2 is 2.18 bits per heavy atom. The Labute approximate surface area is 122 Å². The van der Waals surface area contributed by atoms with E-state index in [1.807, 2.05) is 6.92 Å². The average molecular weight is 406 g/mol. The van der Waals surface area contributed by atoms with Crippen LogP contribution < -0.4 is 10.5 Å². The molecule has 1 unspecified atom stereocenters. The Kier molecular flexibility index (Phi) is 6.07. The second-order valence-corrected chi connectivity index (χ2v) is 8.96. The molecule has 0 saturated carbocycles. The van der Waals surface area contributed by atoms with Gasteiger partial charge in [-0.25, -0.2) is 13.1 Å². The van der Waals surface area contributed by atoms with E-state index in [1.165, 1.54) is 11.3 Å². The van der Waals surface area contributed by atoms with Gasteiger partial charge in [0.25, 0.3) is 0 Å². The molecule has 0 aliphatic rings. The normalized spacial score (nSPS) is 13.9. The van der Waals surface area contributed by atoms with E-state index in [1.54, 1.807) is 6.07 Å². The number of hydrogen-bond donors (Lipinski definition) is 2. The van der Waals surface area contributed by atoms with E-state index in [9.17, 15) is 8.42 Å². The number of sulfonamides is 1. The largest absolute Gasteiger partial charge is 0.329 e. The Bertz CT molecular complexity index is 473. The molecule has 0 amide bonds. The Morgan fingerprint density at radius 1 is 1.53 bits per heavy atom. The lowest BCUT2D eigenvalue weighted by Gasteiger charge is -2.15. The molecule has 1 aromatic rings. The molecule has 0 saturated heterocycles. The fourth-order valence-corrected chi connectivity index (χ4v) is 6.46. The first-order chi connectivity index (χ1) is 7.90. The van der Waals surface area contributed by atoms with Gasteiger partial charge in [-0.3, -0.25) is 0 Å². The number of thiophene rings is 1. The lowest BCUT2D eigenvalue weighted by atomic mass is 10.2. The predicted octanol–water partition coefficient (Wildman–Crippen LogP) is 2.68. The third-order valence-corrected chi connectivity index (χ3v) is 6.43. The van der Waals surface area contributed by atoms with E-state index >= 15 is 0 Å². The molecule has 0 radical (unpaired) electrons. The molecule has 1 rings (SSSR count). The number of halogens is 2. The SMILES string of the molecule is CCCC(CN)NS(=O)(=O)c1cc(Br)sc1Br. The zero-order valence-electron chi connectivity index (χ0n) is 9.24. The minimum Gasteiger partial charge on any atom is -0.329 e. The molecule has 3 N–H and O–H groups in total. The van der Waals surface area contributed by atoms with Crippen LogP contribution in [0.2, 0.25) is 0 Å². The highest BCUT2D eigenvalue weighted by Gasteiger charge is 2.23. The highest BCUT2D eigenvalue weighted by Crippen LogP contribution is 2.34. The highest BCUT2D eigenvalue weighted by atomic mass is 79.9. The molecule has 1 atom stereocenters. The quantitative estimate of drug-likeness (QED) is 0.764. The van der Waals surface area contributed by atoms with Crippen molar-refractivity contribution in [3.05, 3.63) is 13.6 Å². The lowest BCUT2D eigenvalue weighted by molar-refractivity contribution is 0.527. The van der Waals surface area contributed by atoms with E-state index in [0.717, 1.165) is 16.6 Å². The van der Waals surface area contributed by atoms with Gasteiger partial charge in [0, 0.05) is 12.6 Å². The van der Waals surface area contributed by atoms with Gasteiger partial charge in [0.15, 0.2) is 0 Å². The van der Waals surface area contributed by atoms with Gasteiger partial charge in [-0.2, -0.15) is 0 Å². The topological polar surface area (TPSA) is 72.2 Å². The summed E-state index contributed by atoms with van der Waals surface area (Å²) in [5, 5.41) is 0. The maximum atomic E-state index is 12.1. The summed E-state index contributed by atoms with van der Waals surface area (Å²) >= 11 is 7.83. The Hall–Kier alpha value is 0.530. The standard InChI is InChI=1S/C9H14Br2N2O2S2/c1-2-3-6(5-12)13-17(14,15)7-4-8(10)16-9(7)11/h4,6,13H,2-3,5,12H2,1H3. The highest BCUT2D eigenvalue weighted by molar-refractivity contribution is 9.12. The molecule has 17 heavy (non-hydrogen) atoms. The molecule has 1 heterocycles. The van der Waals surface area contributed by atoms with Gasteiger partial charge in [0.1, 0.15) is 4.90 Å². The molecule has 98 valence electrons. The Balaban J connectivity index is 2.92. The van der Waals surface area contributed by atoms with Crippen molar-refractivity contribution in [3.8, 4) is 0 Å². The van der Waals surface area contributed by atoms with Crippen molar-refractivity contribution in [1.82, 2.24) is 4.72 Å². The van der Waals surface area contributed by atoms with Crippen LogP contribution in [0, 0.1) is 0 Å². The summed E-state index contributed by atoms with van der Waals surface area (Å²) < 4.78 is 28.2. The van der Waals surface area contributed by atoms with E-state index in [-0.39, 0.29) is 10.9 Å². The molecule has 0 spiro atoms. The van der Waals surface area contributed by atoms with Crippen molar-refractivity contribution in [3.63, 3.8) is 0 Å². The van der Waals surface area contributed by atoms with Gasteiger partial charge in [-0.1, -0.05) is 13.3 Å². The summed E-state index contributed by atoms with van der Waals surface area (Å²) in [6.07, 6.45) is 1.62. The van der Waals surface area contributed by atoms with Crippen molar-refractivity contribution in [2.45, 2.75) is 30.7 Å². The molecular weight excluding hydrogens is 392 g/mol. The maximum absolute atomic E-state index is 12.1. The fraction of sp³-hybridized carbons (Fsp3) is 0.556. The summed E-state index contributed by atoms with van der Waals surface area (Å²) in [6.45, 7) is 2.30. The van der Waals surface area contributed by atoms with Crippen LogP contribution in [-0.4, -0.2) is 21.0 Å². The van der Waals surface area contributed by atoms with E-state index in [0.29, 0.717) is 10.3 Å². The molecule has 8 heteroatoms. The first kappa shape index (κ1) is 15.6. The van der Waals surface area contributed by atoms with Crippen LogP contribution in [-0.2, 0) is 10.0 Å². The van der Waals surface area contributed by atoms with Gasteiger partial charge >= 0.3 is 0 Å². The smallest absolute Gasteiger partial charge is 0.242 e. The summed E-state index contributed by atoms with van der Waals surface area (Å²) in [7, 11) is -3.50. The number of nitrogens with two attached hydrogens (primary N) is 1. The van der Waals surface area contributed by atoms with Gasteiger partial charge < -0.3 is 5.73 Å². The lowest BCUT2D eigenvalue weighted by Crippen LogP contribution is -2.39. The second kappa shape index (κ2) is 6.63. The maximum Gasteiger partial charge on any atom is 0.242 e. The summed E-state index contributed by atoms with van der Waals surface area (Å²) in [5.41, 5.74) is 5.54. The van der Waals surface area contributed by atoms with Crippen molar-refractivity contribution in [2.75, 3.05) is 6.54 Å². The van der Waals surface area contributed by atoms with Crippen LogP contribution in [0.1, 0.15) is 19.8 Å². The van der Waals surface area contributed by atoms with Gasteiger partial charge in [-0.05, 0) is 44.3 Å². The van der Waals surface area contributed by atoms with Crippen LogP contribution in [0.25, 0.3) is 0 Å². The van der Waals surface area contributed by atoms with E-state index in [2.05, 4.69) is 36.6 Å². The third kappa shape index (κ3) is 4.29. The average Bonchev–Trinajstić information content (AvgIpc) is 2.57. The minimum atomic E-state index is -3.50. The Morgan fingerprint density at radius 3 is 2.59 bits per heavy atom. The van der Waals surface area contributed by atoms with Crippen LogP contribution >= 0.6 is 43.2 Å². The van der Waals surface area contributed by atoms with Crippen molar-refractivity contribution in [1.29, 1.82) is 0 Å². The van der Waals surface area contributed by atoms with Crippen LogP contribution in [0.3, 0.4) is 0 Å². The predicted molar refractivity (Wildman–Crippen MR) is 77.8 cm³/mol. The van der Waals surface area contributed by atoms with Gasteiger partial charge in [0.2, 0.25) is 10.0 Å². The van der Waals surface area contributed by atoms with Crippen molar-refractivity contribution in [2.24, 2.45) is 5.73 Å². The van der Waals surface area contributed by atoms with Crippen LogP contribution in [0.15, 0.2) is 18.5 Å². The van der Waals surface area contributed by atoms with Crippen LogP contribution in [0.5, 0.6) is 0 Å². The molecule has 1 aromatic heterocycles. The zero-order valence-corrected chi connectivity index (χ0v) is 14.0. The summed E-state index contributed by atoms with van der Waals surface area (Å²) in [6, 6.07) is 1.37. The monoisotopic (exact) mass is 404 g/mol. The zero-order chi connectivity index (χ0) is 13.1. The number of rotatable bonds is 6. The molecule has 0 bridgehead atoms. The molecule has 0 aliphatic heterocycles. The first-order valence-corrected chi connectivity index (χ1v) is 8.96. The van der Waals surface area contributed by atoms with Gasteiger partial charge in [0.05, 0.1) is 7.57 Å². The van der Waals surface area contributed by atoms with E-state index in [4.69, 9.17) is 5.73 Å². The molecule has 0 aromatic carbocycles. The number of nitrogens with one attached hydrogen (secondary N) is 1. The third-order valence-electron chi connectivity index (χ3n) is 2.16. The second-order valence-electron chi connectivity index (χ2n) is 3.53. The first-order valence-electron chi connectivity index (χ1n) is 5.08.